The monoisotopic (exact) mass is 637 g/mol. The molecule has 0 saturated heterocycles. The molecule has 0 N–H and O–H groups in total. The zero-order valence-electron chi connectivity index (χ0n) is 27.2. The molecular weight excluding hydrogens is 607 g/mol. The highest BCUT2D eigenvalue weighted by Gasteiger charge is 2.16. The predicted octanol–water partition coefficient (Wildman–Crippen LogP) is 12.2. The second-order valence-electron chi connectivity index (χ2n) is 12.4. The van der Waals surface area contributed by atoms with Gasteiger partial charge in [-0.25, -0.2) is 15.0 Å². The van der Waals surface area contributed by atoms with E-state index in [1.165, 1.54) is 21.9 Å². The summed E-state index contributed by atoms with van der Waals surface area (Å²) in [5, 5.41) is 3.51. The van der Waals surface area contributed by atoms with E-state index in [0.717, 1.165) is 61.4 Å². The Morgan fingerprint density at radius 1 is 0.280 bits per heavy atom. The summed E-state index contributed by atoms with van der Waals surface area (Å²) < 4.78 is 0. The van der Waals surface area contributed by atoms with Gasteiger partial charge >= 0.3 is 0 Å². The van der Waals surface area contributed by atoms with Crippen LogP contribution in [0.3, 0.4) is 0 Å². The quantitative estimate of drug-likeness (QED) is 0.170. The van der Waals surface area contributed by atoms with E-state index in [4.69, 9.17) is 15.0 Å². The smallest absolute Gasteiger partial charge is 0.160 e. The molecule has 9 rings (SSSR count). The maximum Gasteiger partial charge on any atom is 0.160 e. The van der Waals surface area contributed by atoms with Crippen molar-refractivity contribution in [2.45, 2.75) is 0 Å². The van der Waals surface area contributed by atoms with Gasteiger partial charge in [0.05, 0.1) is 22.6 Å². The zero-order valence-corrected chi connectivity index (χ0v) is 27.2. The first-order valence-corrected chi connectivity index (χ1v) is 16.9. The van der Waals surface area contributed by atoms with Crippen LogP contribution in [0.1, 0.15) is 0 Å². The highest BCUT2D eigenvalue weighted by atomic mass is 14.9. The van der Waals surface area contributed by atoms with Crippen molar-refractivity contribution in [3.05, 3.63) is 188 Å². The Morgan fingerprint density at radius 2 is 0.800 bits per heavy atom. The molecule has 0 unspecified atom stereocenters. The number of fused-ring (bicyclic) bond motifs is 3. The van der Waals surface area contributed by atoms with Gasteiger partial charge in [0.1, 0.15) is 0 Å². The molecular formula is C47H31N3. The maximum absolute atomic E-state index is 5.19. The van der Waals surface area contributed by atoms with E-state index in [2.05, 4.69) is 146 Å². The molecule has 0 aliphatic carbocycles. The van der Waals surface area contributed by atoms with E-state index in [-0.39, 0.29) is 0 Å². The fraction of sp³-hybridized carbons (Fsp3) is 0. The number of nitrogens with zero attached hydrogens (tertiary/aromatic N) is 3. The average molecular weight is 638 g/mol. The molecule has 0 saturated carbocycles. The molecule has 0 amide bonds. The summed E-state index contributed by atoms with van der Waals surface area (Å²) in [6.45, 7) is 0. The zero-order chi connectivity index (χ0) is 33.3. The van der Waals surface area contributed by atoms with E-state index >= 15 is 0 Å². The maximum atomic E-state index is 5.19. The van der Waals surface area contributed by atoms with Crippen molar-refractivity contribution in [2.24, 2.45) is 0 Å². The molecule has 0 bridgehead atoms. The lowest BCUT2D eigenvalue weighted by Crippen LogP contribution is -1.96. The fourth-order valence-electron chi connectivity index (χ4n) is 6.86. The third-order valence-electron chi connectivity index (χ3n) is 9.28. The minimum Gasteiger partial charge on any atom is -0.248 e. The van der Waals surface area contributed by atoms with E-state index in [9.17, 15) is 0 Å². The van der Waals surface area contributed by atoms with Gasteiger partial charge in [0.25, 0.3) is 0 Å². The van der Waals surface area contributed by atoms with Gasteiger partial charge in [-0.05, 0) is 57.3 Å². The summed E-state index contributed by atoms with van der Waals surface area (Å²) in [6.07, 6.45) is 0. The van der Waals surface area contributed by atoms with Crippen LogP contribution in [0.25, 0.3) is 89.1 Å². The van der Waals surface area contributed by atoms with E-state index in [0.29, 0.717) is 5.82 Å². The SMILES string of the molecule is c1ccc(-c2cc(-c3cccc(-c4cccc5c4ccc4nc(-c6ccccc6)cc(-c6ccccc6)c45)c3)nc(-c3ccccc3)n2)cc1. The number of hydrogen-bond acceptors (Lipinski definition) is 3. The van der Waals surface area contributed by atoms with Crippen LogP contribution in [0.4, 0.5) is 0 Å². The van der Waals surface area contributed by atoms with Crippen LogP contribution < -0.4 is 0 Å². The molecule has 0 fully saturated rings. The highest BCUT2D eigenvalue weighted by molar-refractivity contribution is 6.17. The standard InChI is InChI=1S/C47H31N3/c1-5-15-32(16-6-1)41-30-43(33-17-7-2-8-18-33)48-42-28-27-39-38(25-14-26-40(39)46(41)42)36-23-13-24-37(29-36)45-31-44(34-19-9-3-10-20-34)49-47(50-45)35-21-11-4-12-22-35/h1-31H. The molecule has 0 atom stereocenters. The van der Waals surface area contributed by atoms with Crippen molar-refractivity contribution >= 4 is 21.7 Å². The van der Waals surface area contributed by atoms with E-state index in [1.807, 2.05) is 42.5 Å². The number of rotatable bonds is 6. The van der Waals surface area contributed by atoms with Crippen LogP contribution in [0.2, 0.25) is 0 Å². The fourth-order valence-corrected chi connectivity index (χ4v) is 6.86. The molecule has 50 heavy (non-hydrogen) atoms. The summed E-state index contributed by atoms with van der Waals surface area (Å²) in [6, 6.07) is 65.6. The van der Waals surface area contributed by atoms with Gasteiger partial charge in [0.2, 0.25) is 0 Å². The molecule has 7 aromatic carbocycles. The highest BCUT2D eigenvalue weighted by Crippen LogP contribution is 2.40. The lowest BCUT2D eigenvalue weighted by molar-refractivity contribution is 1.18. The third-order valence-corrected chi connectivity index (χ3v) is 9.28. The number of aromatic nitrogens is 3. The van der Waals surface area contributed by atoms with Crippen LogP contribution in [0, 0.1) is 0 Å². The molecule has 234 valence electrons. The van der Waals surface area contributed by atoms with E-state index in [1.54, 1.807) is 0 Å². The first-order chi connectivity index (χ1) is 24.8. The Kier molecular flexibility index (Phi) is 7.49. The van der Waals surface area contributed by atoms with Gasteiger partial charge in [-0.3, -0.25) is 0 Å². The lowest BCUT2D eigenvalue weighted by atomic mass is 9.91. The molecule has 9 aromatic rings. The Balaban J connectivity index is 1.22. The van der Waals surface area contributed by atoms with Crippen LogP contribution >= 0.6 is 0 Å². The Labute approximate surface area is 291 Å². The molecule has 0 aliphatic heterocycles. The van der Waals surface area contributed by atoms with Crippen molar-refractivity contribution in [1.82, 2.24) is 15.0 Å². The Bertz CT molecular complexity index is 2560. The number of hydrogen-bond donors (Lipinski definition) is 0. The molecule has 3 nitrogen and oxygen atoms in total. The summed E-state index contributed by atoms with van der Waals surface area (Å²) in [5.41, 5.74) is 12.6. The predicted molar refractivity (Wildman–Crippen MR) is 207 cm³/mol. The molecule has 0 aliphatic rings. The second kappa shape index (κ2) is 12.7. The summed E-state index contributed by atoms with van der Waals surface area (Å²) in [5.74, 6) is 0.708. The Morgan fingerprint density at radius 3 is 1.46 bits per heavy atom. The largest absolute Gasteiger partial charge is 0.248 e. The van der Waals surface area contributed by atoms with Gasteiger partial charge in [0.15, 0.2) is 5.82 Å². The molecule has 2 aromatic heterocycles. The van der Waals surface area contributed by atoms with Crippen molar-refractivity contribution in [3.63, 3.8) is 0 Å². The molecule has 2 heterocycles. The van der Waals surface area contributed by atoms with Crippen LogP contribution in [-0.4, -0.2) is 15.0 Å². The minimum absolute atomic E-state index is 0.708. The van der Waals surface area contributed by atoms with Gasteiger partial charge in [-0.2, -0.15) is 0 Å². The molecule has 0 radical (unpaired) electrons. The topological polar surface area (TPSA) is 38.7 Å². The van der Waals surface area contributed by atoms with Crippen LogP contribution in [0.15, 0.2) is 188 Å². The lowest BCUT2D eigenvalue weighted by Gasteiger charge is -2.15. The van der Waals surface area contributed by atoms with Crippen molar-refractivity contribution in [1.29, 1.82) is 0 Å². The number of pyridine rings is 1. The first kappa shape index (κ1) is 29.4. The first-order valence-electron chi connectivity index (χ1n) is 16.9. The third kappa shape index (κ3) is 5.51. The van der Waals surface area contributed by atoms with Crippen LogP contribution in [0.5, 0.6) is 0 Å². The Hall–Kier alpha value is -6.71. The summed E-state index contributed by atoms with van der Waals surface area (Å²) in [7, 11) is 0. The second-order valence-corrected chi connectivity index (χ2v) is 12.4. The normalized spacial score (nSPS) is 11.2. The van der Waals surface area contributed by atoms with Crippen molar-refractivity contribution < 1.29 is 0 Å². The number of benzene rings is 7. The van der Waals surface area contributed by atoms with Crippen molar-refractivity contribution in [3.8, 4) is 67.4 Å². The molecule has 0 spiro atoms. The molecule has 3 heteroatoms. The minimum atomic E-state index is 0.708. The van der Waals surface area contributed by atoms with Gasteiger partial charge < -0.3 is 0 Å². The van der Waals surface area contributed by atoms with E-state index < -0.39 is 0 Å². The average Bonchev–Trinajstić information content (AvgIpc) is 3.21. The van der Waals surface area contributed by atoms with Gasteiger partial charge in [-0.15, -0.1) is 0 Å². The summed E-state index contributed by atoms with van der Waals surface area (Å²) in [4.78, 5) is 15.3. The van der Waals surface area contributed by atoms with Gasteiger partial charge in [0, 0.05) is 27.6 Å². The van der Waals surface area contributed by atoms with Crippen molar-refractivity contribution in [2.75, 3.05) is 0 Å². The van der Waals surface area contributed by atoms with Gasteiger partial charge in [-0.1, -0.05) is 164 Å². The summed E-state index contributed by atoms with van der Waals surface area (Å²) >= 11 is 0. The van der Waals surface area contributed by atoms with Crippen LogP contribution in [-0.2, 0) is 0 Å².